The van der Waals surface area contributed by atoms with E-state index in [1.54, 1.807) is 0 Å². The molecule has 0 spiro atoms. The number of piperazine rings is 1. The van der Waals surface area contributed by atoms with Gasteiger partial charge in [-0.25, -0.2) is 0 Å². The summed E-state index contributed by atoms with van der Waals surface area (Å²) < 4.78 is 5.53. The van der Waals surface area contributed by atoms with Gasteiger partial charge in [0, 0.05) is 38.8 Å². The number of carbonyl (C=O) groups is 1. The second-order valence-corrected chi connectivity index (χ2v) is 6.69. The standard InChI is InChI=1S/C18H24N2O2/c21-18(17-6-3-11-22-17)20-9-7-19(8-10-20)16-12-14-4-1-2-5-15(14)13-16/h1-2,4-5,16-17H,3,6-13H2/t17-/m0/s1. The van der Waals surface area contributed by atoms with Gasteiger partial charge in [-0.15, -0.1) is 0 Å². The fourth-order valence-corrected chi connectivity index (χ4v) is 4.08. The van der Waals surface area contributed by atoms with Crippen LogP contribution in [0.3, 0.4) is 0 Å². The van der Waals surface area contributed by atoms with E-state index < -0.39 is 0 Å². The van der Waals surface area contributed by atoms with Crippen LogP contribution in [0, 0.1) is 0 Å². The van der Waals surface area contributed by atoms with Gasteiger partial charge in [-0.1, -0.05) is 24.3 Å². The molecule has 2 fully saturated rings. The van der Waals surface area contributed by atoms with Crippen LogP contribution in [0.15, 0.2) is 24.3 Å². The largest absolute Gasteiger partial charge is 0.368 e. The Bertz CT molecular complexity index is 521. The normalized spacial score (nSPS) is 26.4. The molecule has 2 aliphatic heterocycles. The van der Waals surface area contributed by atoms with Crippen molar-refractivity contribution in [3.05, 3.63) is 35.4 Å². The first kappa shape index (κ1) is 14.2. The minimum Gasteiger partial charge on any atom is -0.368 e. The molecule has 0 bridgehead atoms. The van der Waals surface area contributed by atoms with Gasteiger partial charge in [0.15, 0.2) is 0 Å². The SMILES string of the molecule is O=C([C@@H]1CCCO1)N1CCN(C2Cc3ccccc3C2)CC1. The maximum Gasteiger partial charge on any atom is 0.251 e. The third-order valence-corrected chi connectivity index (χ3v) is 5.38. The Kier molecular flexibility index (Phi) is 3.89. The molecule has 0 radical (unpaired) electrons. The lowest BCUT2D eigenvalue weighted by molar-refractivity contribution is -0.143. The zero-order valence-electron chi connectivity index (χ0n) is 13.0. The van der Waals surface area contributed by atoms with Gasteiger partial charge in [0.05, 0.1) is 0 Å². The molecule has 0 saturated carbocycles. The Balaban J connectivity index is 1.32. The van der Waals surface area contributed by atoms with Crippen molar-refractivity contribution in [3.8, 4) is 0 Å². The molecule has 3 aliphatic rings. The van der Waals surface area contributed by atoms with Gasteiger partial charge in [0.2, 0.25) is 0 Å². The average molecular weight is 300 g/mol. The van der Waals surface area contributed by atoms with Crippen LogP contribution in [0.1, 0.15) is 24.0 Å². The maximum atomic E-state index is 12.4. The van der Waals surface area contributed by atoms with E-state index in [1.807, 2.05) is 4.90 Å². The highest BCUT2D eigenvalue weighted by Gasteiger charge is 2.33. The number of hydrogen-bond acceptors (Lipinski definition) is 3. The highest BCUT2D eigenvalue weighted by molar-refractivity contribution is 5.81. The van der Waals surface area contributed by atoms with Gasteiger partial charge >= 0.3 is 0 Å². The van der Waals surface area contributed by atoms with Crippen LogP contribution in [0.4, 0.5) is 0 Å². The Morgan fingerprint density at radius 1 is 1.05 bits per heavy atom. The first-order valence-electron chi connectivity index (χ1n) is 8.52. The van der Waals surface area contributed by atoms with E-state index in [4.69, 9.17) is 4.74 Å². The van der Waals surface area contributed by atoms with Crippen LogP contribution >= 0.6 is 0 Å². The Labute approximate surface area is 132 Å². The Hall–Kier alpha value is -1.39. The molecule has 1 aliphatic carbocycles. The summed E-state index contributed by atoms with van der Waals surface area (Å²) in [4.78, 5) is 17.0. The first-order valence-corrected chi connectivity index (χ1v) is 8.52. The number of nitrogens with zero attached hydrogens (tertiary/aromatic N) is 2. The second kappa shape index (κ2) is 6.01. The molecule has 0 unspecified atom stereocenters. The lowest BCUT2D eigenvalue weighted by Gasteiger charge is -2.38. The highest BCUT2D eigenvalue weighted by Crippen LogP contribution is 2.26. The van der Waals surface area contributed by atoms with Crippen LogP contribution in [0.5, 0.6) is 0 Å². The lowest BCUT2D eigenvalue weighted by atomic mass is 10.1. The predicted octanol–water partition coefficient (Wildman–Crippen LogP) is 1.48. The molecule has 0 N–H and O–H groups in total. The summed E-state index contributed by atoms with van der Waals surface area (Å²) in [5.41, 5.74) is 3.01. The Morgan fingerprint density at radius 3 is 2.32 bits per heavy atom. The second-order valence-electron chi connectivity index (χ2n) is 6.69. The van der Waals surface area contributed by atoms with Crippen molar-refractivity contribution >= 4 is 5.91 Å². The lowest BCUT2D eigenvalue weighted by Crippen LogP contribution is -2.54. The maximum absolute atomic E-state index is 12.4. The van der Waals surface area contributed by atoms with Gasteiger partial charge in [-0.2, -0.15) is 0 Å². The molecule has 1 aromatic carbocycles. The molecule has 22 heavy (non-hydrogen) atoms. The average Bonchev–Trinajstić information content (AvgIpc) is 3.23. The van der Waals surface area contributed by atoms with Gasteiger partial charge in [-0.3, -0.25) is 9.69 Å². The van der Waals surface area contributed by atoms with E-state index in [9.17, 15) is 4.79 Å². The van der Waals surface area contributed by atoms with Crippen LogP contribution < -0.4 is 0 Å². The molecular formula is C18H24N2O2. The van der Waals surface area contributed by atoms with Crippen LogP contribution in [0.2, 0.25) is 0 Å². The van der Waals surface area contributed by atoms with Crippen molar-refractivity contribution in [2.75, 3.05) is 32.8 Å². The van der Waals surface area contributed by atoms with Crippen molar-refractivity contribution in [2.45, 2.75) is 37.8 Å². The van der Waals surface area contributed by atoms with Gasteiger partial charge in [0.1, 0.15) is 6.10 Å². The molecule has 4 rings (SSSR count). The molecule has 0 aromatic heterocycles. The zero-order valence-corrected chi connectivity index (χ0v) is 13.0. The third-order valence-electron chi connectivity index (χ3n) is 5.38. The molecular weight excluding hydrogens is 276 g/mol. The summed E-state index contributed by atoms with van der Waals surface area (Å²) in [7, 11) is 0. The summed E-state index contributed by atoms with van der Waals surface area (Å²) in [5, 5.41) is 0. The minimum atomic E-state index is -0.165. The summed E-state index contributed by atoms with van der Waals surface area (Å²) in [6, 6.07) is 9.41. The van der Waals surface area contributed by atoms with Crippen molar-refractivity contribution in [1.82, 2.24) is 9.80 Å². The monoisotopic (exact) mass is 300 g/mol. The molecule has 1 amide bonds. The zero-order chi connectivity index (χ0) is 14.9. The molecule has 118 valence electrons. The smallest absolute Gasteiger partial charge is 0.251 e. The van der Waals surface area contributed by atoms with E-state index in [0.29, 0.717) is 6.04 Å². The molecule has 4 nitrogen and oxygen atoms in total. The first-order chi connectivity index (χ1) is 10.8. The highest BCUT2D eigenvalue weighted by atomic mass is 16.5. The van der Waals surface area contributed by atoms with E-state index in [0.717, 1.165) is 58.5 Å². The summed E-state index contributed by atoms with van der Waals surface area (Å²) in [6.45, 7) is 4.45. The number of carbonyl (C=O) groups excluding carboxylic acids is 1. The van der Waals surface area contributed by atoms with E-state index in [-0.39, 0.29) is 12.0 Å². The van der Waals surface area contributed by atoms with Crippen LogP contribution in [-0.2, 0) is 22.4 Å². The number of ether oxygens (including phenoxy) is 1. The number of amides is 1. The van der Waals surface area contributed by atoms with E-state index in [1.165, 1.54) is 11.1 Å². The predicted molar refractivity (Wildman–Crippen MR) is 84.8 cm³/mol. The molecule has 4 heteroatoms. The molecule has 2 heterocycles. The molecule has 1 aromatic rings. The fraction of sp³-hybridized carbons (Fsp3) is 0.611. The number of hydrogen-bond donors (Lipinski definition) is 0. The van der Waals surface area contributed by atoms with Crippen molar-refractivity contribution in [2.24, 2.45) is 0 Å². The van der Waals surface area contributed by atoms with Gasteiger partial charge < -0.3 is 9.64 Å². The van der Waals surface area contributed by atoms with Gasteiger partial charge in [0.25, 0.3) is 5.91 Å². The summed E-state index contributed by atoms with van der Waals surface area (Å²) in [5.74, 6) is 0.215. The number of fused-ring (bicyclic) bond motifs is 1. The Morgan fingerprint density at radius 2 is 1.73 bits per heavy atom. The minimum absolute atomic E-state index is 0.165. The number of rotatable bonds is 2. The summed E-state index contributed by atoms with van der Waals surface area (Å²) in [6.07, 6.45) is 4.08. The van der Waals surface area contributed by atoms with Crippen molar-refractivity contribution < 1.29 is 9.53 Å². The van der Waals surface area contributed by atoms with Crippen LogP contribution in [-0.4, -0.2) is 60.6 Å². The molecule has 1 atom stereocenters. The third kappa shape index (κ3) is 2.66. The van der Waals surface area contributed by atoms with Crippen molar-refractivity contribution in [1.29, 1.82) is 0 Å². The quantitative estimate of drug-likeness (QED) is 0.829. The fourth-order valence-electron chi connectivity index (χ4n) is 4.08. The topological polar surface area (TPSA) is 32.8 Å². The molecule has 2 saturated heterocycles. The van der Waals surface area contributed by atoms with Gasteiger partial charge in [-0.05, 0) is 36.8 Å². The van der Waals surface area contributed by atoms with Crippen LogP contribution in [0.25, 0.3) is 0 Å². The van der Waals surface area contributed by atoms with Crippen molar-refractivity contribution in [3.63, 3.8) is 0 Å². The van der Waals surface area contributed by atoms with E-state index in [2.05, 4.69) is 29.2 Å². The number of benzene rings is 1. The van der Waals surface area contributed by atoms with E-state index >= 15 is 0 Å². The summed E-state index contributed by atoms with van der Waals surface area (Å²) >= 11 is 0.